The van der Waals surface area contributed by atoms with E-state index in [0.29, 0.717) is 0 Å². The molecule has 2 heteroatoms. The maximum absolute atomic E-state index is 4.10. The van der Waals surface area contributed by atoms with E-state index in [1.807, 2.05) is 13.8 Å². The Kier molecular flexibility index (Phi) is 15.1. The Balaban J connectivity index is 0.000000366. The second kappa shape index (κ2) is 15.4. The minimum atomic E-state index is 0.751. The molecule has 1 aliphatic carbocycles. The number of likely N-dealkylation sites (tertiary alicyclic amines) is 2. The largest absolute Gasteiger partial charge is 0.372 e. The number of hydrogen-bond acceptors (Lipinski definition) is 2. The van der Waals surface area contributed by atoms with Crippen LogP contribution in [0.25, 0.3) is 0 Å². The molecule has 0 amide bonds. The summed E-state index contributed by atoms with van der Waals surface area (Å²) in [5, 5.41) is 0. The van der Waals surface area contributed by atoms with Crippen LogP contribution in [0, 0.1) is 17.8 Å². The smallest absolute Gasteiger partial charge is 0.0288 e. The Labute approximate surface area is 172 Å². The summed E-state index contributed by atoms with van der Waals surface area (Å²) < 4.78 is 0. The average Bonchev–Trinajstić information content (AvgIpc) is 3.46. The molecule has 3 rings (SSSR count). The number of nitrogens with zero attached hydrogens (tertiary/aromatic N) is 2. The molecule has 2 atom stereocenters. The lowest BCUT2D eigenvalue weighted by Crippen LogP contribution is -2.28. The van der Waals surface area contributed by atoms with Crippen molar-refractivity contribution in [1.82, 2.24) is 9.80 Å². The van der Waals surface area contributed by atoms with Gasteiger partial charge in [-0.15, -0.1) is 0 Å². The zero-order valence-corrected chi connectivity index (χ0v) is 20.2. The van der Waals surface area contributed by atoms with Crippen molar-refractivity contribution in [2.75, 3.05) is 26.7 Å². The van der Waals surface area contributed by atoms with Crippen molar-refractivity contribution >= 4 is 0 Å². The van der Waals surface area contributed by atoms with Crippen LogP contribution in [-0.4, -0.2) is 42.5 Å². The van der Waals surface area contributed by atoms with Gasteiger partial charge in [0.05, 0.1) is 0 Å². The van der Waals surface area contributed by atoms with E-state index >= 15 is 0 Å². The molecule has 1 saturated carbocycles. The van der Waals surface area contributed by atoms with Crippen molar-refractivity contribution in [3.63, 3.8) is 0 Å². The molecule has 2 aliphatic heterocycles. The third-order valence-electron chi connectivity index (χ3n) is 6.21. The Morgan fingerprint density at radius 2 is 1.52 bits per heavy atom. The summed E-state index contributed by atoms with van der Waals surface area (Å²) in [5.74, 6) is 2.68. The van der Waals surface area contributed by atoms with Crippen molar-refractivity contribution in [1.29, 1.82) is 0 Å². The van der Waals surface area contributed by atoms with Crippen LogP contribution in [0.3, 0.4) is 0 Å². The summed E-state index contributed by atoms with van der Waals surface area (Å²) in [6.45, 7) is 23.4. The number of rotatable bonds is 4. The minimum Gasteiger partial charge on any atom is -0.372 e. The summed E-state index contributed by atoms with van der Waals surface area (Å²) in [6, 6.07) is 0.887. The molecule has 0 radical (unpaired) electrons. The van der Waals surface area contributed by atoms with E-state index in [4.69, 9.17) is 0 Å². The molecule has 0 aromatic rings. The normalized spacial score (nSPS) is 24.1. The topological polar surface area (TPSA) is 6.48 Å². The van der Waals surface area contributed by atoms with Gasteiger partial charge < -0.3 is 9.80 Å². The molecule has 2 heterocycles. The summed E-state index contributed by atoms with van der Waals surface area (Å²) in [7, 11) is 2.20. The fraction of sp³-hybridized carbons (Fsp3) is 0.920. The third kappa shape index (κ3) is 11.8. The molecule has 3 aliphatic rings. The van der Waals surface area contributed by atoms with E-state index < -0.39 is 0 Å². The quantitative estimate of drug-likeness (QED) is 0.508. The van der Waals surface area contributed by atoms with Crippen LogP contribution in [0.4, 0.5) is 0 Å². The van der Waals surface area contributed by atoms with Gasteiger partial charge in [-0.2, -0.15) is 0 Å². The van der Waals surface area contributed by atoms with Crippen molar-refractivity contribution < 1.29 is 0 Å². The first-order valence-electron chi connectivity index (χ1n) is 12.0. The SMILES string of the molecule is C=C1C(C)CCN1C1CC1.CC.CC1CCN(C)CC1.CCCC(C)CC. The van der Waals surface area contributed by atoms with Gasteiger partial charge in [0.25, 0.3) is 0 Å². The van der Waals surface area contributed by atoms with Crippen molar-refractivity contribution in [2.24, 2.45) is 17.8 Å². The minimum absolute atomic E-state index is 0.751. The molecule has 0 aromatic heterocycles. The van der Waals surface area contributed by atoms with Crippen LogP contribution in [0.1, 0.15) is 99.8 Å². The molecular formula is C25H52N2. The van der Waals surface area contributed by atoms with Gasteiger partial charge in [0, 0.05) is 18.3 Å². The Bertz CT molecular complexity index is 343. The van der Waals surface area contributed by atoms with Gasteiger partial charge in [-0.3, -0.25) is 0 Å². The van der Waals surface area contributed by atoms with Gasteiger partial charge in [0.2, 0.25) is 0 Å². The van der Waals surface area contributed by atoms with Crippen LogP contribution in [0.5, 0.6) is 0 Å². The molecule has 3 fully saturated rings. The molecule has 0 bridgehead atoms. The summed E-state index contributed by atoms with van der Waals surface area (Å²) >= 11 is 0. The highest BCUT2D eigenvalue weighted by molar-refractivity contribution is 5.09. The molecule has 162 valence electrons. The second-order valence-electron chi connectivity index (χ2n) is 8.89. The maximum atomic E-state index is 4.10. The van der Waals surface area contributed by atoms with Crippen LogP contribution >= 0.6 is 0 Å². The van der Waals surface area contributed by atoms with Crippen LogP contribution in [0.2, 0.25) is 0 Å². The predicted octanol–water partition coefficient (Wildman–Crippen LogP) is 7.21. The van der Waals surface area contributed by atoms with E-state index in [0.717, 1.165) is 23.8 Å². The third-order valence-corrected chi connectivity index (χ3v) is 6.21. The Hall–Kier alpha value is -0.500. The molecule has 0 aromatic carbocycles. The summed E-state index contributed by atoms with van der Waals surface area (Å²) in [4.78, 5) is 4.91. The Morgan fingerprint density at radius 3 is 1.81 bits per heavy atom. The number of allylic oxidation sites excluding steroid dienone is 1. The highest BCUT2D eigenvalue weighted by Crippen LogP contribution is 2.36. The lowest BCUT2D eigenvalue weighted by molar-refractivity contribution is 0.230. The van der Waals surface area contributed by atoms with Crippen molar-refractivity contribution in [2.45, 2.75) is 106 Å². The second-order valence-corrected chi connectivity index (χ2v) is 8.89. The van der Waals surface area contributed by atoms with Crippen LogP contribution in [-0.2, 0) is 0 Å². The van der Waals surface area contributed by atoms with Crippen molar-refractivity contribution in [3.8, 4) is 0 Å². The average molecular weight is 381 g/mol. The lowest BCUT2D eigenvalue weighted by atomic mass is 10.00. The van der Waals surface area contributed by atoms with Crippen LogP contribution in [0.15, 0.2) is 12.3 Å². The van der Waals surface area contributed by atoms with Crippen LogP contribution < -0.4 is 0 Å². The fourth-order valence-corrected chi connectivity index (χ4v) is 3.56. The first-order chi connectivity index (χ1) is 12.9. The molecule has 0 N–H and O–H groups in total. The predicted molar refractivity (Wildman–Crippen MR) is 124 cm³/mol. The van der Waals surface area contributed by atoms with Gasteiger partial charge in [0.15, 0.2) is 0 Å². The molecular weight excluding hydrogens is 328 g/mol. The van der Waals surface area contributed by atoms with E-state index in [1.165, 1.54) is 76.7 Å². The Morgan fingerprint density at radius 1 is 0.963 bits per heavy atom. The lowest BCUT2D eigenvalue weighted by Gasteiger charge is -2.26. The highest BCUT2D eigenvalue weighted by Gasteiger charge is 2.34. The van der Waals surface area contributed by atoms with Gasteiger partial charge in [-0.1, -0.05) is 74.3 Å². The standard InChI is InChI=1S/C9H15N.C7H15N.C7H16.C2H6/c1-7-5-6-10(8(7)2)9-3-4-9;1-7-3-5-8(2)6-4-7;1-4-6-7(3)5-2;1-2/h7,9H,2-6H2,1H3;7H,3-6H2,1-2H3;7H,4-6H2,1-3H3;1-2H3. The van der Waals surface area contributed by atoms with Crippen molar-refractivity contribution in [3.05, 3.63) is 12.3 Å². The highest BCUT2D eigenvalue weighted by atomic mass is 15.2. The van der Waals surface area contributed by atoms with E-state index in [9.17, 15) is 0 Å². The van der Waals surface area contributed by atoms with Gasteiger partial charge >= 0.3 is 0 Å². The molecule has 2 saturated heterocycles. The fourth-order valence-electron chi connectivity index (χ4n) is 3.56. The molecule has 0 spiro atoms. The molecule has 2 unspecified atom stereocenters. The van der Waals surface area contributed by atoms with Gasteiger partial charge in [-0.05, 0) is 70.0 Å². The van der Waals surface area contributed by atoms with Gasteiger partial charge in [-0.25, -0.2) is 0 Å². The number of hydrogen-bond donors (Lipinski definition) is 0. The number of piperidine rings is 1. The first-order valence-corrected chi connectivity index (χ1v) is 12.0. The monoisotopic (exact) mass is 380 g/mol. The molecule has 27 heavy (non-hydrogen) atoms. The van der Waals surface area contributed by atoms with Gasteiger partial charge in [0.1, 0.15) is 0 Å². The molecule has 2 nitrogen and oxygen atoms in total. The van der Waals surface area contributed by atoms with E-state index in [1.54, 1.807) is 0 Å². The summed E-state index contributed by atoms with van der Waals surface area (Å²) in [6.07, 6.45) is 11.0. The zero-order chi connectivity index (χ0) is 20.8. The van der Waals surface area contributed by atoms with E-state index in [-0.39, 0.29) is 0 Å². The maximum Gasteiger partial charge on any atom is 0.0288 e. The summed E-state index contributed by atoms with van der Waals surface area (Å²) in [5.41, 5.74) is 1.39. The van der Waals surface area contributed by atoms with E-state index in [2.05, 4.69) is 58.0 Å². The zero-order valence-electron chi connectivity index (χ0n) is 20.2. The first kappa shape index (κ1) is 26.5.